The topological polar surface area (TPSA) is 52.0 Å². The second kappa shape index (κ2) is 4.20. The van der Waals surface area contributed by atoms with Crippen LogP contribution in [0.3, 0.4) is 0 Å². The summed E-state index contributed by atoms with van der Waals surface area (Å²) in [6.07, 6.45) is 1.24. The third-order valence-electron chi connectivity index (χ3n) is 1.55. The lowest BCUT2D eigenvalue weighted by molar-refractivity contribution is 0.475. The first-order valence-corrected chi connectivity index (χ1v) is 7.08. The number of hydrogen-bond donors (Lipinski definition) is 0. The fraction of sp³-hybridized carbons (Fsp3) is 0.571. The van der Waals surface area contributed by atoms with Crippen molar-refractivity contribution < 1.29 is 8.42 Å². The fourth-order valence-electron chi connectivity index (χ4n) is 0.990. The molecule has 0 aliphatic rings. The Hall–Kier alpha value is -0.0700. The Bertz CT molecular complexity index is 427. The Morgan fingerprint density at radius 2 is 2.21 bits per heavy atom. The fourth-order valence-corrected chi connectivity index (χ4v) is 3.07. The van der Waals surface area contributed by atoms with Crippen molar-refractivity contribution in [1.29, 1.82) is 0 Å². The average Bonchev–Trinajstić information content (AvgIpc) is 2.30. The minimum Gasteiger partial charge on any atom is -0.257 e. The Balaban J connectivity index is 3.09. The number of nitrogens with zero attached hydrogens (tertiary/aromatic N) is 2. The first-order valence-electron chi connectivity index (χ1n) is 3.98. The summed E-state index contributed by atoms with van der Waals surface area (Å²) in [5.41, 5.74) is 0. The van der Waals surface area contributed by atoms with Gasteiger partial charge in [0.2, 0.25) is 0 Å². The third-order valence-corrected chi connectivity index (χ3v) is 3.97. The van der Waals surface area contributed by atoms with Crippen LogP contribution in [-0.2, 0) is 15.6 Å². The van der Waals surface area contributed by atoms with Gasteiger partial charge in [0, 0.05) is 17.2 Å². The average molecular weight is 302 g/mol. The lowest BCUT2D eigenvalue weighted by atomic mass is 10.2. The van der Waals surface area contributed by atoms with Crippen molar-refractivity contribution in [2.75, 3.05) is 0 Å². The number of rotatable bonds is 3. The van der Waals surface area contributed by atoms with Crippen molar-refractivity contribution in [3.05, 3.63) is 10.8 Å². The lowest BCUT2D eigenvalue weighted by Crippen LogP contribution is -2.06. The first-order chi connectivity index (χ1) is 6.32. The van der Waals surface area contributed by atoms with E-state index in [-0.39, 0.29) is 4.90 Å². The van der Waals surface area contributed by atoms with E-state index in [0.717, 1.165) is 0 Å². The molecule has 1 aromatic rings. The van der Waals surface area contributed by atoms with Gasteiger partial charge in [-0.15, -0.1) is 0 Å². The third kappa shape index (κ3) is 2.71. The highest BCUT2D eigenvalue weighted by molar-refractivity contribution is 9.10. The summed E-state index contributed by atoms with van der Waals surface area (Å²) >= 11 is 3.15. The first kappa shape index (κ1) is 12.0. The van der Waals surface area contributed by atoms with Crippen LogP contribution in [0.15, 0.2) is 15.7 Å². The normalized spacial score (nSPS) is 12.4. The van der Waals surface area contributed by atoms with Gasteiger partial charge in [-0.3, -0.25) is 4.68 Å². The van der Waals surface area contributed by atoms with Gasteiger partial charge in [0.1, 0.15) is 9.50 Å². The predicted molar refractivity (Wildman–Crippen MR) is 57.8 cm³/mol. The summed E-state index contributed by atoms with van der Waals surface area (Å²) in [5.74, 6) is 0.386. The Kier molecular flexibility index (Phi) is 3.60. The van der Waals surface area contributed by atoms with Crippen LogP contribution in [0, 0.1) is 5.92 Å². The van der Waals surface area contributed by atoms with Crippen LogP contribution < -0.4 is 0 Å². The van der Waals surface area contributed by atoms with Crippen LogP contribution in [0.25, 0.3) is 0 Å². The highest BCUT2D eigenvalue weighted by atomic mass is 79.9. The molecule has 0 radical (unpaired) electrons. The molecule has 0 aromatic carbocycles. The molecular weight excluding hydrogens is 292 g/mol. The van der Waals surface area contributed by atoms with Crippen LogP contribution in [-0.4, -0.2) is 18.2 Å². The molecule has 1 aromatic heterocycles. The van der Waals surface area contributed by atoms with Crippen LogP contribution in [0.1, 0.15) is 13.8 Å². The molecule has 0 unspecified atom stereocenters. The monoisotopic (exact) mass is 300 g/mol. The number of aromatic nitrogens is 2. The summed E-state index contributed by atoms with van der Waals surface area (Å²) < 4.78 is 24.0. The van der Waals surface area contributed by atoms with E-state index in [0.29, 0.717) is 17.1 Å². The molecule has 4 nitrogen and oxygen atoms in total. The van der Waals surface area contributed by atoms with E-state index >= 15 is 0 Å². The zero-order valence-electron chi connectivity index (χ0n) is 7.74. The minimum atomic E-state index is -3.71. The Morgan fingerprint density at radius 3 is 2.57 bits per heavy atom. The van der Waals surface area contributed by atoms with E-state index in [4.69, 9.17) is 10.7 Å². The van der Waals surface area contributed by atoms with Crippen molar-refractivity contribution in [1.82, 2.24) is 9.78 Å². The number of hydrogen-bond acceptors (Lipinski definition) is 3. The highest BCUT2D eigenvalue weighted by Crippen LogP contribution is 2.25. The van der Waals surface area contributed by atoms with Crippen LogP contribution >= 0.6 is 26.6 Å². The summed E-state index contributed by atoms with van der Waals surface area (Å²) in [5, 5.41) is 3.93. The van der Waals surface area contributed by atoms with Gasteiger partial charge in [-0.2, -0.15) is 5.10 Å². The molecule has 0 aliphatic carbocycles. The van der Waals surface area contributed by atoms with Gasteiger partial charge in [0.15, 0.2) is 0 Å². The molecule has 0 atom stereocenters. The maximum atomic E-state index is 11.0. The van der Waals surface area contributed by atoms with E-state index < -0.39 is 9.05 Å². The van der Waals surface area contributed by atoms with Crippen molar-refractivity contribution in [3.63, 3.8) is 0 Å². The van der Waals surface area contributed by atoms with Crippen LogP contribution in [0.5, 0.6) is 0 Å². The van der Waals surface area contributed by atoms with E-state index in [1.54, 1.807) is 4.68 Å². The maximum absolute atomic E-state index is 11.0. The summed E-state index contributed by atoms with van der Waals surface area (Å²) in [7, 11) is 1.50. The van der Waals surface area contributed by atoms with Gasteiger partial charge in [-0.1, -0.05) is 13.8 Å². The summed E-state index contributed by atoms with van der Waals surface area (Å²) in [4.78, 5) is 0.0137. The van der Waals surface area contributed by atoms with Crippen LogP contribution in [0.2, 0.25) is 0 Å². The second-order valence-electron chi connectivity index (χ2n) is 3.31. The molecule has 80 valence electrons. The molecular formula is C7H10BrClN2O2S. The maximum Gasteiger partial charge on any atom is 0.265 e. The van der Waals surface area contributed by atoms with Gasteiger partial charge in [-0.05, 0) is 21.8 Å². The second-order valence-corrected chi connectivity index (χ2v) is 6.60. The highest BCUT2D eigenvalue weighted by Gasteiger charge is 2.19. The largest absolute Gasteiger partial charge is 0.265 e. The van der Waals surface area contributed by atoms with Gasteiger partial charge in [0.25, 0.3) is 9.05 Å². The zero-order valence-corrected chi connectivity index (χ0v) is 10.9. The van der Waals surface area contributed by atoms with Gasteiger partial charge < -0.3 is 0 Å². The SMILES string of the molecule is CC(C)Cn1ncc(S(=O)(=O)Cl)c1Br. The van der Waals surface area contributed by atoms with Crippen molar-refractivity contribution >= 4 is 35.7 Å². The molecule has 7 heteroatoms. The molecule has 0 saturated carbocycles. The lowest BCUT2D eigenvalue weighted by Gasteiger charge is -2.05. The molecule has 1 rings (SSSR count). The molecule has 14 heavy (non-hydrogen) atoms. The van der Waals surface area contributed by atoms with Gasteiger partial charge in [-0.25, -0.2) is 8.42 Å². The van der Waals surface area contributed by atoms with E-state index in [2.05, 4.69) is 21.0 Å². The molecule has 0 amide bonds. The molecule has 0 aliphatic heterocycles. The van der Waals surface area contributed by atoms with Crippen molar-refractivity contribution in [3.8, 4) is 0 Å². The van der Waals surface area contributed by atoms with Crippen molar-refractivity contribution in [2.45, 2.75) is 25.3 Å². The molecule has 0 bridgehead atoms. The van der Waals surface area contributed by atoms with E-state index in [1.165, 1.54) is 6.20 Å². The predicted octanol–water partition coefficient (Wildman–Crippen LogP) is 2.23. The Morgan fingerprint density at radius 1 is 1.64 bits per heavy atom. The molecule has 0 spiro atoms. The minimum absolute atomic E-state index is 0.0137. The van der Waals surface area contributed by atoms with Crippen molar-refractivity contribution in [2.24, 2.45) is 5.92 Å². The molecule has 1 heterocycles. The van der Waals surface area contributed by atoms with Gasteiger partial charge in [0.05, 0.1) is 6.20 Å². The number of halogens is 2. The van der Waals surface area contributed by atoms with Crippen LogP contribution in [0.4, 0.5) is 0 Å². The standard InChI is InChI=1S/C7H10BrClN2O2S/c1-5(2)4-11-7(8)6(3-10-11)14(9,12)13/h3,5H,4H2,1-2H3. The summed E-state index contributed by atoms with van der Waals surface area (Å²) in [6.45, 7) is 4.68. The Labute approximate surface area is 95.8 Å². The van der Waals surface area contributed by atoms with Gasteiger partial charge >= 0.3 is 0 Å². The smallest absolute Gasteiger partial charge is 0.257 e. The zero-order chi connectivity index (χ0) is 10.9. The molecule has 0 N–H and O–H groups in total. The molecule has 0 fully saturated rings. The molecule has 0 saturated heterocycles. The van der Waals surface area contributed by atoms with E-state index in [1.807, 2.05) is 13.8 Å². The quantitative estimate of drug-likeness (QED) is 0.805. The summed E-state index contributed by atoms with van der Waals surface area (Å²) in [6, 6.07) is 0. The van der Waals surface area contributed by atoms with E-state index in [9.17, 15) is 8.42 Å².